The van der Waals surface area contributed by atoms with Crippen molar-refractivity contribution in [3.63, 3.8) is 0 Å². The van der Waals surface area contributed by atoms with E-state index in [0.717, 1.165) is 12.3 Å². The molecule has 1 aliphatic carbocycles. The van der Waals surface area contributed by atoms with E-state index in [9.17, 15) is 0 Å². The number of aryl methyl sites for hydroxylation is 1. The molecular weight excluding hydrogens is 302 g/mol. The van der Waals surface area contributed by atoms with Gasteiger partial charge in [0.2, 0.25) is 0 Å². The SMILES string of the molecule is CCN(CCc1cccs1)CC1CCCc2cc(OC)ccc21. The second kappa shape index (κ2) is 7.98. The van der Waals surface area contributed by atoms with Gasteiger partial charge in [-0.15, -0.1) is 11.3 Å². The fourth-order valence-electron chi connectivity index (χ4n) is 3.62. The quantitative estimate of drug-likeness (QED) is 0.727. The maximum absolute atomic E-state index is 5.39. The lowest BCUT2D eigenvalue weighted by Crippen LogP contribution is -2.31. The molecule has 0 saturated carbocycles. The van der Waals surface area contributed by atoms with Crippen LogP contribution in [0.15, 0.2) is 35.7 Å². The van der Waals surface area contributed by atoms with Gasteiger partial charge in [-0.3, -0.25) is 0 Å². The van der Waals surface area contributed by atoms with E-state index in [2.05, 4.69) is 47.5 Å². The average molecular weight is 330 g/mol. The largest absolute Gasteiger partial charge is 0.497 e. The lowest BCUT2D eigenvalue weighted by atomic mass is 9.82. The van der Waals surface area contributed by atoms with Crippen molar-refractivity contribution in [3.05, 3.63) is 51.7 Å². The van der Waals surface area contributed by atoms with Crippen molar-refractivity contribution in [3.8, 4) is 5.75 Å². The Morgan fingerprint density at radius 1 is 1.30 bits per heavy atom. The molecule has 0 N–H and O–H groups in total. The zero-order valence-corrected chi connectivity index (χ0v) is 15.1. The van der Waals surface area contributed by atoms with E-state index in [1.165, 1.54) is 49.2 Å². The lowest BCUT2D eigenvalue weighted by Gasteiger charge is -2.31. The standard InChI is InChI=1S/C20H27NOS/c1-3-21(12-11-19-8-5-13-23-19)15-17-7-4-6-16-14-18(22-2)9-10-20(16)17/h5,8-10,13-14,17H,3-4,6-7,11-12,15H2,1-2H3. The smallest absolute Gasteiger partial charge is 0.119 e. The van der Waals surface area contributed by atoms with E-state index < -0.39 is 0 Å². The number of methoxy groups -OCH3 is 1. The summed E-state index contributed by atoms with van der Waals surface area (Å²) < 4.78 is 5.39. The van der Waals surface area contributed by atoms with Crippen LogP contribution >= 0.6 is 11.3 Å². The van der Waals surface area contributed by atoms with Crippen LogP contribution in [0.4, 0.5) is 0 Å². The maximum Gasteiger partial charge on any atom is 0.119 e. The Morgan fingerprint density at radius 2 is 2.22 bits per heavy atom. The number of nitrogens with zero attached hydrogens (tertiary/aromatic N) is 1. The van der Waals surface area contributed by atoms with Gasteiger partial charge in [-0.05, 0) is 72.9 Å². The molecule has 0 bridgehead atoms. The molecule has 0 amide bonds. The molecule has 2 nitrogen and oxygen atoms in total. The number of ether oxygens (including phenoxy) is 1. The van der Waals surface area contributed by atoms with Crippen molar-refractivity contribution in [1.29, 1.82) is 0 Å². The fourth-order valence-corrected chi connectivity index (χ4v) is 4.32. The van der Waals surface area contributed by atoms with E-state index in [0.29, 0.717) is 5.92 Å². The highest BCUT2D eigenvalue weighted by Crippen LogP contribution is 2.34. The molecule has 0 spiro atoms. The first-order chi connectivity index (χ1) is 11.3. The molecule has 1 aromatic carbocycles. The first-order valence-corrected chi connectivity index (χ1v) is 9.59. The Hall–Kier alpha value is -1.32. The van der Waals surface area contributed by atoms with Gasteiger partial charge in [0.25, 0.3) is 0 Å². The van der Waals surface area contributed by atoms with E-state index >= 15 is 0 Å². The highest BCUT2D eigenvalue weighted by Gasteiger charge is 2.22. The van der Waals surface area contributed by atoms with Gasteiger partial charge in [0.1, 0.15) is 5.75 Å². The van der Waals surface area contributed by atoms with Crippen LogP contribution in [-0.2, 0) is 12.8 Å². The van der Waals surface area contributed by atoms with Gasteiger partial charge in [-0.2, -0.15) is 0 Å². The van der Waals surface area contributed by atoms with Crippen LogP contribution in [0.5, 0.6) is 5.75 Å². The number of thiophene rings is 1. The molecule has 1 atom stereocenters. The molecule has 1 aliphatic rings. The topological polar surface area (TPSA) is 12.5 Å². The van der Waals surface area contributed by atoms with Crippen molar-refractivity contribution >= 4 is 11.3 Å². The summed E-state index contributed by atoms with van der Waals surface area (Å²) in [4.78, 5) is 4.11. The van der Waals surface area contributed by atoms with Gasteiger partial charge in [0.05, 0.1) is 7.11 Å². The van der Waals surface area contributed by atoms with Gasteiger partial charge < -0.3 is 9.64 Å². The van der Waals surface area contributed by atoms with Crippen LogP contribution in [0.25, 0.3) is 0 Å². The van der Waals surface area contributed by atoms with Gasteiger partial charge in [-0.1, -0.05) is 19.1 Å². The average Bonchev–Trinajstić information content (AvgIpc) is 3.11. The number of likely N-dealkylation sites (N-methyl/N-ethyl adjacent to an activating group) is 1. The third-order valence-corrected chi connectivity index (χ3v) is 5.91. The number of fused-ring (bicyclic) bond motifs is 1. The van der Waals surface area contributed by atoms with Gasteiger partial charge in [0.15, 0.2) is 0 Å². The molecule has 2 aromatic rings. The molecule has 1 aromatic heterocycles. The first kappa shape index (κ1) is 16.5. The van der Waals surface area contributed by atoms with Crippen molar-refractivity contribution in [2.45, 2.75) is 38.5 Å². The third kappa shape index (κ3) is 4.15. The van der Waals surface area contributed by atoms with Crippen LogP contribution in [0.1, 0.15) is 41.7 Å². The number of hydrogen-bond donors (Lipinski definition) is 0. The summed E-state index contributed by atoms with van der Waals surface area (Å²) in [5.74, 6) is 1.67. The van der Waals surface area contributed by atoms with Gasteiger partial charge in [-0.25, -0.2) is 0 Å². The van der Waals surface area contributed by atoms with E-state index in [4.69, 9.17) is 4.74 Å². The number of benzene rings is 1. The third-order valence-electron chi connectivity index (χ3n) is 4.97. The van der Waals surface area contributed by atoms with E-state index in [1.807, 2.05) is 11.3 Å². The second-order valence-electron chi connectivity index (χ2n) is 6.38. The molecule has 0 saturated heterocycles. The predicted octanol–water partition coefficient (Wildman–Crippen LogP) is 4.74. The summed E-state index contributed by atoms with van der Waals surface area (Å²) in [5, 5.41) is 2.18. The van der Waals surface area contributed by atoms with Crippen molar-refractivity contribution in [2.75, 3.05) is 26.7 Å². The summed E-state index contributed by atoms with van der Waals surface area (Å²) in [7, 11) is 1.76. The zero-order valence-electron chi connectivity index (χ0n) is 14.3. The Bertz CT molecular complexity index is 608. The van der Waals surface area contributed by atoms with Crippen LogP contribution in [0, 0.1) is 0 Å². The molecule has 0 radical (unpaired) electrons. The minimum Gasteiger partial charge on any atom is -0.497 e. The molecule has 124 valence electrons. The number of rotatable bonds is 7. The summed E-state index contributed by atoms with van der Waals surface area (Å²) in [6, 6.07) is 11.1. The molecule has 0 fully saturated rings. The molecule has 1 unspecified atom stereocenters. The summed E-state index contributed by atoms with van der Waals surface area (Å²) in [6.07, 6.45) is 4.99. The highest BCUT2D eigenvalue weighted by molar-refractivity contribution is 7.09. The monoisotopic (exact) mass is 329 g/mol. The lowest BCUT2D eigenvalue weighted by molar-refractivity contribution is 0.263. The van der Waals surface area contributed by atoms with Crippen LogP contribution in [-0.4, -0.2) is 31.6 Å². The minimum atomic E-state index is 0.674. The van der Waals surface area contributed by atoms with Gasteiger partial charge in [0, 0.05) is 18.0 Å². The van der Waals surface area contributed by atoms with E-state index in [1.54, 1.807) is 12.7 Å². The second-order valence-corrected chi connectivity index (χ2v) is 7.41. The van der Waals surface area contributed by atoms with E-state index in [-0.39, 0.29) is 0 Å². The normalized spacial score (nSPS) is 17.3. The molecule has 1 heterocycles. The van der Waals surface area contributed by atoms with Gasteiger partial charge >= 0.3 is 0 Å². The fraction of sp³-hybridized carbons (Fsp3) is 0.500. The van der Waals surface area contributed by atoms with Crippen molar-refractivity contribution in [1.82, 2.24) is 4.90 Å². The molecule has 3 heteroatoms. The van der Waals surface area contributed by atoms with Crippen LogP contribution < -0.4 is 4.74 Å². The summed E-state index contributed by atoms with van der Waals surface area (Å²) in [6.45, 7) is 5.76. The Kier molecular flexibility index (Phi) is 5.74. The molecule has 23 heavy (non-hydrogen) atoms. The van der Waals surface area contributed by atoms with Crippen LogP contribution in [0.3, 0.4) is 0 Å². The zero-order chi connectivity index (χ0) is 16.1. The van der Waals surface area contributed by atoms with Crippen molar-refractivity contribution < 1.29 is 4.74 Å². The highest BCUT2D eigenvalue weighted by atomic mass is 32.1. The van der Waals surface area contributed by atoms with Crippen molar-refractivity contribution in [2.24, 2.45) is 0 Å². The Morgan fingerprint density at radius 3 is 2.96 bits per heavy atom. The molecule has 3 rings (SSSR count). The molecular formula is C20H27NOS. The minimum absolute atomic E-state index is 0.674. The maximum atomic E-state index is 5.39. The Labute approximate surface area is 144 Å². The first-order valence-electron chi connectivity index (χ1n) is 8.71. The summed E-state index contributed by atoms with van der Waals surface area (Å²) in [5.41, 5.74) is 3.04. The predicted molar refractivity (Wildman–Crippen MR) is 98.8 cm³/mol. The molecule has 0 aliphatic heterocycles. The van der Waals surface area contributed by atoms with Crippen LogP contribution in [0.2, 0.25) is 0 Å². The number of hydrogen-bond acceptors (Lipinski definition) is 3. The summed E-state index contributed by atoms with van der Waals surface area (Å²) >= 11 is 1.87. The Balaban J connectivity index is 1.65.